The maximum atomic E-state index is 13.2. The molecule has 1 N–H and O–H groups in total. The van der Waals surface area contributed by atoms with Gasteiger partial charge in [-0.15, -0.1) is 0 Å². The molecule has 0 atom stereocenters. The molecule has 0 unspecified atom stereocenters. The van der Waals surface area contributed by atoms with Gasteiger partial charge in [-0.1, -0.05) is 0 Å². The Balaban J connectivity index is 1.94. The number of pyridine rings is 3. The van der Waals surface area contributed by atoms with Gasteiger partial charge < -0.3 is 5.32 Å². The Morgan fingerprint density at radius 1 is 1.08 bits per heavy atom. The van der Waals surface area contributed by atoms with Gasteiger partial charge >= 0.3 is 0 Å². The van der Waals surface area contributed by atoms with E-state index in [4.69, 9.17) is 0 Å². The van der Waals surface area contributed by atoms with Gasteiger partial charge in [0.05, 0.1) is 17.3 Å². The minimum Gasteiger partial charge on any atom is -0.338 e. The average molecular weight is 346 g/mol. The Morgan fingerprint density at radius 2 is 1.88 bits per heavy atom. The third kappa shape index (κ3) is 2.82. The number of aryl methyl sites for hydroxylation is 1. The molecule has 0 aliphatic heterocycles. The predicted octanol–water partition coefficient (Wildman–Crippen LogP) is 3.97. The van der Waals surface area contributed by atoms with Gasteiger partial charge in [0.1, 0.15) is 11.6 Å². The Bertz CT molecular complexity index is 1140. The van der Waals surface area contributed by atoms with Gasteiger partial charge in [0.25, 0.3) is 5.56 Å². The summed E-state index contributed by atoms with van der Waals surface area (Å²) in [5.41, 5.74) is 1.88. The van der Waals surface area contributed by atoms with Crippen LogP contribution in [0, 0.1) is 12.7 Å². The van der Waals surface area contributed by atoms with Crippen LogP contribution in [0.15, 0.2) is 71.9 Å². The second-order valence-corrected chi connectivity index (χ2v) is 5.89. The average Bonchev–Trinajstić information content (AvgIpc) is 2.64. The quantitative estimate of drug-likeness (QED) is 0.610. The molecule has 0 bridgehead atoms. The van der Waals surface area contributed by atoms with Gasteiger partial charge in [0, 0.05) is 23.8 Å². The van der Waals surface area contributed by atoms with Crippen molar-refractivity contribution in [1.29, 1.82) is 0 Å². The van der Waals surface area contributed by atoms with Crippen molar-refractivity contribution in [3.8, 4) is 5.69 Å². The van der Waals surface area contributed by atoms with Crippen molar-refractivity contribution in [3.05, 3.63) is 89.0 Å². The van der Waals surface area contributed by atoms with Crippen LogP contribution in [0.3, 0.4) is 0 Å². The number of nitrogens with one attached hydrogen (secondary N) is 1. The number of halogens is 1. The number of anilines is 2. The fourth-order valence-electron chi connectivity index (χ4n) is 2.96. The van der Waals surface area contributed by atoms with Crippen LogP contribution in [0.2, 0.25) is 0 Å². The van der Waals surface area contributed by atoms with E-state index in [1.807, 2.05) is 19.1 Å². The van der Waals surface area contributed by atoms with Crippen LogP contribution < -0.4 is 10.9 Å². The number of hydrogen-bond donors (Lipinski definition) is 1. The molecule has 4 aromatic rings. The Kier molecular flexibility index (Phi) is 3.93. The van der Waals surface area contributed by atoms with E-state index in [9.17, 15) is 9.18 Å². The maximum Gasteiger partial charge on any atom is 0.266 e. The van der Waals surface area contributed by atoms with E-state index in [0.717, 1.165) is 16.8 Å². The highest BCUT2D eigenvalue weighted by atomic mass is 19.1. The topological polar surface area (TPSA) is 59.8 Å². The fourth-order valence-corrected chi connectivity index (χ4v) is 2.96. The lowest BCUT2D eigenvalue weighted by Gasteiger charge is -2.14. The Morgan fingerprint density at radius 3 is 2.62 bits per heavy atom. The van der Waals surface area contributed by atoms with Gasteiger partial charge in [-0.2, -0.15) is 0 Å². The molecule has 128 valence electrons. The monoisotopic (exact) mass is 346 g/mol. The van der Waals surface area contributed by atoms with Gasteiger partial charge in [-0.3, -0.25) is 14.3 Å². The van der Waals surface area contributed by atoms with E-state index in [-0.39, 0.29) is 11.4 Å². The van der Waals surface area contributed by atoms with Crippen molar-refractivity contribution in [3.63, 3.8) is 0 Å². The highest BCUT2D eigenvalue weighted by molar-refractivity contribution is 5.93. The molecule has 6 heteroatoms. The highest BCUT2D eigenvalue weighted by Crippen LogP contribution is 2.23. The third-order valence-corrected chi connectivity index (χ3v) is 4.13. The maximum absolute atomic E-state index is 13.2. The molecule has 0 fully saturated rings. The first-order chi connectivity index (χ1) is 12.6. The second kappa shape index (κ2) is 6.40. The first kappa shape index (κ1) is 16.0. The van der Waals surface area contributed by atoms with Crippen molar-refractivity contribution in [1.82, 2.24) is 14.5 Å². The van der Waals surface area contributed by atoms with Gasteiger partial charge in [0.2, 0.25) is 0 Å². The summed E-state index contributed by atoms with van der Waals surface area (Å²) in [4.78, 5) is 21.6. The molecule has 1 aromatic carbocycles. The van der Waals surface area contributed by atoms with Gasteiger partial charge in [-0.25, -0.2) is 9.37 Å². The fraction of sp³-hybridized carbons (Fsp3) is 0.0500. The van der Waals surface area contributed by atoms with Crippen molar-refractivity contribution in [2.45, 2.75) is 6.92 Å². The van der Waals surface area contributed by atoms with Crippen LogP contribution in [0.1, 0.15) is 5.69 Å². The van der Waals surface area contributed by atoms with Crippen molar-refractivity contribution >= 4 is 22.3 Å². The number of nitrogens with zero attached hydrogens (tertiary/aromatic N) is 3. The third-order valence-electron chi connectivity index (χ3n) is 4.13. The number of aromatic nitrogens is 3. The van der Waals surface area contributed by atoms with E-state index in [2.05, 4.69) is 15.3 Å². The Hall–Kier alpha value is -3.54. The SMILES string of the molecule is Cc1cc2ccnc(Nc3cccnc3)c2c(=O)n1-c1ccc(F)cc1. The summed E-state index contributed by atoms with van der Waals surface area (Å²) in [6.45, 7) is 1.85. The zero-order chi connectivity index (χ0) is 18.1. The number of rotatable bonds is 3. The first-order valence-corrected chi connectivity index (χ1v) is 8.08. The van der Waals surface area contributed by atoms with Gasteiger partial charge in [0.15, 0.2) is 0 Å². The lowest BCUT2D eigenvalue weighted by molar-refractivity contribution is 0.627. The number of benzene rings is 1. The summed E-state index contributed by atoms with van der Waals surface area (Å²) in [6, 6.07) is 13.2. The zero-order valence-corrected chi connectivity index (χ0v) is 14.0. The van der Waals surface area contributed by atoms with E-state index in [1.54, 1.807) is 47.4 Å². The van der Waals surface area contributed by atoms with Crippen molar-refractivity contribution < 1.29 is 4.39 Å². The molecule has 0 amide bonds. The van der Waals surface area contributed by atoms with E-state index < -0.39 is 0 Å². The van der Waals surface area contributed by atoms with Crippen LogP contribution in [-0.2, 0) is 0 Å². The minimum atomic E-state index is -0.346. The smallest absolute Gasteiger partial charge is 0.266 e. The normalized spacial score (nSPS) is 10.8. The highest BCUT2D eigenvalue weighted by Gasteiger charge is 2.13. The molecular weight excluding hydrogens is 331 g/mol. The molecule has 0 aliphatic rings. The molecule has 5 nitrogen and oxygen atoms in total. The Labute approximate surface area is 148 Å². The van der Waals surface area contributed by atoms with E-state index in [1.165, 1.54) is 12.1 Å². The molecule has 0 saturated heterocycles. The molecule has 0 aliphatic carbocycles. The molecule has 3 heterocycles. The van der Waals surface area contributed by atoms with Crippen LogP contribution in [0.5, 0.6) is 0 Å². The first-order valence-electron chi connectivity index (χ1n) is 8.08. The standard InChI is InChI=1S/C20H15FN4O/c1-13-11-14-8-10-23-19(24-16-3-2-9-22-12-16)18(14)20(26)25(13)17-6-4-15(21)5-7-17/h2-12H,1H3,(H,23,24). The molecular formula is C20H15FN4O. The van der Waals surface area contributed by atoms with Crippen molar-refractivity contribution in [2.24, 2.45) is 0 Å². The zero-order valence-electron chi connectivity index (χ0n) is 14.0. The lowest BCUT2D eigenvalue weighted by Crippen LogP contribution is -2.21. The number of fused-ring (bicyclic) bond motifs is 1. The largest absolute Gasteiger partial charge is 0.338 e. The second-order valence-electron chi connectivity index (χ2n) is 5.89. The van der Waals surface area contributed by atoms with Crippen LogP contribution >= 0.6 is 0 Å². The summed E-state index contributed by atoms with van der Waals surface area (Å²) < 4.78 is 14.8. The van der Waals surface area contributed by atoms with Crippen molar-refractivity contribution in [2.75, 3.05) is 5.32 Å². The number of hydrogen-bond acceptors (Lipinski definition) is 4. The van der Waals surface area contributed by atoms with Gasteiger partial charge in [-0.05, 0) is 60.8 Å². The molecule has 0 spiro atoms. The molecule has 0 saturated carbocycles. The van der Waals surface area contributed by atoms with Crippen LogP contribution in [-0.4, -0.2) is 14.5 Å². The summed E-state index contributed by atoms with van der Waals surface area (Å²) in [6.07, 6.45) is 4.99. The summed E-state index contributed by atoms with van der Waals surface area (Å²) in [5.74, 6) is 0.109. The molecule has 0 radical (unpaired) electrons. The summed E-state index contributed by atoms with van der Waals surface area (Å²) in [5, 5.41) is 4.40. The lowest BCUT2D eigenvalue weighted by atomic mass is 10.1. The summed E-state index contributed by atoms with van der Waals surface area (Å²) in [7, 11) is 0. The van der Waals surface area contributed by atoms with Crippen LogP contribution in [0.4, 0.5) is 15.9 Å². The molecule has 4 rings (SSSR count). The van der Waals surface area contributed by atoms with E-state index >= 15 is 0 Å². The molecule has 26 heavy (non-hydrogen) atoms. The molecule has 3 aromatic heterocycles. The van der Waals surface area contributed by atoms with E-state index in [0.29, 0.717) is 16.9 Å². The van der Waals surface area contributed by atoms with Crippen LogP contribution in [0.25, 0.3) is 16.5 Å². The predicted molar refractivity (Wildman–Crippen MR) is 99.6 cm³/mol. The summed E-state index contributed by atoms with van der Waals surface area (Å²) >= 11 is 0. The minimum absolute atomic E-state index is 0.217.